The zero-order chi connectivity index (χ0) is 10.8. The summed E-state index contributed by atoms with van der Waals surface area (Å²) in [5.74, 6) is 3.00. The van der Waals surface area contributed by atoms with Crippen molar-refractivity contribution < 1.29 is 4.52 Å². The van der Waals surface area contributed by atoms with E-state index < -0.39 is 0 Å². The van der Waals surface area contributed by atoms with E-state index in [9.17, 15) is 0 Å². The van der Waals surface area contributed by atoms with Crippen LogP contribution < -0.4 is 5.32 Å². The molecule has 0 radical (unpaired) electrons. The summed E-state index contributed by atoms with van der Waals surface area (Å²) in [4.78, 5) is 4.50. The lowest BCUT2D eigenvalue weighted by atomic mass is 9.98. The third-order valence-corrected chi connectivity index (χ3v) is 3.27. The van der Waals surface area contributed by atoms with Gasteiger partial charge < -0.3 is 9.84 Å². The van der Waals surface area contributed by atoms with Crippen molar-refractivity contribution in [3.8, 4) is 0 Å². The molecule has 1 fully saturated rings. The van der Waals surface area contributed by atoms with E-state index >= 15 is 0 Å². The van der Waals surface area contributed by atoms with Gasteiger partial charge in [0.15, 0.2) is 5.82 Å². The molecule has 2 atom stereocenters. The molecule has 0 amide bonds. The molecule has 15 heavy (non-hydrogen) atoms. The number of nitrogens with one attached hydrogen (secondary N) is 1. The maximum absolute atomic E-state index is 5.31. The summed E-state index contributed by atoms with van der Waals surface area (Å²) in [6, 6.07) is 0. The SMILES string of the molecule is CC(C)C(C)c1nc(C2CCNC2)no1. The van der Waals surface area contributed by atoms with Gasteiger partial charge in [-0.15, -0.1) is 0 Å². The van der Waals surface area contributed by atoms with Crippen molar-refractivity contribution in [2.45, 2.75) is 39.0 Å². The second kappa shape index (κ2) is 4.31. The van der Waals surface area contributed by atoms with Crippen molar-refractivity contribution in [2.75, 3.05) is 13.1 Å². The molecule has 1 N–H and O–H groups in total. The van der Waals surface area contributed by atoms with E-state index in [2.05, 4.69) is 36.2 Å². The lowest BCUT2D eigenvalue weighted by Crippen LogP contribution is -2.09. The van der Waals surface area contributed by atoms with Gasteiger partial charge in [-0.3, -0.25) is 0 Å². The first kappa shape index (κ1) is 10.6. The number of aromatic nitrogens is 2. The van der Waals surface area contributed by atoms with Gasteiger partial charge in [0.1, 0.15) is 0 Å². The Morgan fingerprint density at radius 3 is 2.80 bits per heavy atom. The molecule has 0 bridgehead atoms. The molecule has 0 aromatic carbocycles. The van der Waals surface area contributed by atoms with Gasteiger partial charge in [0.05, 0.1) is 0 Å². The van der Waals surface area contributed by atoms with E-state index in [-0.39, 0.29) is 0 Å². The van der Waals surface area contributed by atoms with Gasteiger partial charge in [0.25, 0.3) is 0 Å². The van der Waals surface area contributed by atoms with Crippen LogP contribution in [0.15, 0.2) is 4.52 Å². The fourth-order valence-electron chi connectivity index (χ4n) is 1.76. The van der Waals surface area contributed by atoms with Crippen LogP contribution in [0.3, 0.4) is 0 Å². The average Bonchev–Trinajstić information content (AvgIpc) is 2.86. The van der Waals surface area contributed by atoms with Gasteiger partial charge in [0, 0.05) is 18.4 Å². The van der Waals surface area contributed by atoms with Gasteiger partial charge in [-0.1, -0.05) is 25.9 Å². The van der Waals surface area contributed by atoms with Crippen LogP contribution in [-0.2, 0) is 0 Å². The smallest absolute Gasteiger partial charge is 0.229 e. The summed E-state index contributed by atoms with van der Waals surface area (Å²) in [5.41, 5.74) is 0. The molecule has 2 unspecified atom stereocenters. The van der Waals surface area contributed by atoms with Crippen LogP contribution >= 0.6 is 0 Å². The summed E-state index contributed by atoms with van der Waals surface area (Å²) in [7, 11) is 0. The molecule has 1 aliphatic rings. The minimum atomic E-state index is 0.348. The van der Waals surface area contributed by atoms with Crippen LogP contribution in [0.25, 0.3) is 0 Å². The maximum Gasteiger partial charge on any atom is 0.229 e. The molecule has 1 aromatic heterocycles. The van der Waals surface area contributed by atoms with E-state index in [0.717, 1.165) is 31.2 Å². The number of hydrogen-bond acceptors (Lipinski definition) is 4. The summed E-state index contributed by atoms with van der Waals surface area (Å²) in [6.45, 7) is 8.52. The van der Waals surface area contributed by atoms with E-state index in [1.54, 1.807) is 0 Å². The molecular formula is C11H19N3O. The predicted octanol–water partition coefficient (Wildman–Crippen LogP) is 1.91. The van der Waals surface area contributed by atoms with E-state index in [1.165, 1.54) is 0 Å². The highest BCUT2D eigenvalue weighted by Crippen LogP contribution is 2.25. The van der Waals surface area contributed by atoms with Crippen molar-refractivity contribution in [1.29, 1.82) is 0 Å². The lowest BCUT2D eigenvalue weighted by molar-refractivity contribution is 0.327. The minimum absolute atomic E-state index is 0.348. The number of rotatable bonds is 3. The van der Waals surface area contributed by atoms with Crippen molar-refractivity contribution in [2.24, 2.45) is 5.92 Å². The Bertz CT molecular complexity index is 299. The van der Waals surface area contributed by atoms with Gasteiger partial charge >= 0.3 is 0 Å². The highest BCUT2D eigenvalue weighted by atomic mass is 16.5. The summed E-state index contributed by atoms with van der Waals surface area (Å²) in [5, 5.41) is 7.39. The fourth-order valence-corrected chi connectivity index (χ4v) is 1.76. The summed E-state index contributed by atoms with van der Waals surface area (Å²) in [6.07, 6.45) is 1.12. The van der Waals surface area contributed by atoms with Crippen molar-refractivity contribution in [1.82, 2.24) is 15.5 Å². The van der Waals surface area contributed by atoms with Crippen molar-refractivity contribution in [3.05, 3.63) is 11.7 Å². The first-order chi connectivity index (χ1) is 7.18. The molecule has 1 aromatic rings. The summed E-state index contributed by atoms with van der Waals surface area (Å²) < 4.78 is 5.31. The maximum atomic E-state index is 5.31. The zero-order valence-corrected chi connectivity index (χ0v) is 9.66. The highest BCUT2D eigenvalue weighted by Gasteiger charge is 2.24. The van der Waals surface area contributed by atoms with Gasteiger partial charge in [-0.2, -0.15) is 4.98 Å². The molecule has 1 saturated heterocycles. The number of nitrogens with zero attached hydrogens (tertiary/aromatic N) is 2. The zero-order valence-electron chi connectivity index (χ0n) is 9.66. The largest absolute Gasteiger partial charge is 0.339 e. The average molecular weight is 209 g/mol. The highest BCUT2D eigenvalue weighted by molar-refractivity contribution is 5.01. The molecule has 2 rings (SSSR count). The third kappa shape index (κ3) is 2.20. The van der Waals surface area contributed by atoms with Gasteiger partial charge in [0.2, 0.25) is 5.89 Å². The summed E-state index contributed by atoms with van der Waals surface area (Å²) >= 11 is 0. The molecule has 1 aliphatic heterocycles. The van der Waals surface area contributed by atoms with Crippen LogP contribution in [0.5, 0.6) is 0 Å². The fraction of sp³-hybridized carbons (Fsp3) is 0.818. The van der Waals surface area contributed by atoms with Crippen LogP contribution in [-0.4, -0.2) is 23.2 Å². The molecule has 0 saturated carbocycles. The second-order valence-electron chi connectivity index (χ2n) is 4.71. The molecule has 2 heterocycles. The van der Waals surface area contributed by atoms with Crippen molar-refractivity contribution >= 4 is 0 Å². The standard InChI is InChI=1S/C11H19N3O/c1-7(2)8(3)11-13-10(14-15-11)9-4-5-12-6-9/h7-9,12H,4-6H2,1-3H3. The first-order valence-corrected chi connectivity index (χ1v) is 5.72. The number of hydrogen-bond donors (Lipinski definition) is 1. The molecule has 0 spiro atoms. The van der Waals surface area contributed by atoms with Crippen molar-refractivity contribution in [3.63, 3.8) is 0 Å². The first-order valence-electron chi connectivity index (χ1n) is 5.72. The lowest BCUT2D eigenvalue weighted by Gasteiger charge is -2.09. The quantitative estimate of drug-likeness (QED) is 0.826. The van der Waals surface area contributed by atoms with Gasteiger partial charge in [-0.05, 0) is 18.9 Å². The Morgan fingerprint density at radius 1 is 1.40 bits per heavy atom. The Balaban J connectivity index is 2.09. The van der Waals surface area contributed by atoms with E-state index in [1.807, 2.05) is 0 Å². The van der Waals surface area contributed by atoms with E-state index in [4.69, 9.17) is 4.52 Å². The van der Waals surface area contributed by atoms with E-state index in [0.29, 0.717) is 17.8 Å². The Morgan fingerprint density at radius 2 is 2.20 bits per heavy atom. The minimum Gasteiger partial charge on any atom is -0.339 e. The van der Waals surface area contributed by atoms with Gasteiger partial charge in [-0.25, -0.2) is 0 Å². The predicted molar refractivity (Wildman–Crippen MR) is 57.8 cm³/mol. The van der Waals surface area contributed by atoms with Crippen LogP contribution in [0, 0.1) is 5.92 Å². The third-order valence-electron chi connectivity index (χ3n) is 3.27. The topological polar surface area (TPSA) is 51.0 Å². The Hall–Kier alpha value is -0.900. The monoisotopic (exact) mass is 209 g/mol. The molecule has 4 nitrogen and oxygen atoms in total. The molecular weight excluding hydrogens is 190 g/mol. The van der Waals surface area contributed by atoms with Crippen LogP contribution in [0.4, 0.5) is 0 Å². The molecule has 4 heteroatoms. The van der Waals surface area contributed by atoms with Crippen LogP contribution in [0.1, 0.15) is 50.7 Å². The second-order valence-corrected chi connectivity index (χ2v) is 4.71. The molecule has 84 valence electrons. The Kier molecular flexibility index (Phi) is 3.05. The van der Waals surface area contributed by atoms with Crippen LogP contribution in [0.2, 0.25) is 0 Å². The Labute approximate surface area is 90.4 Å². The normalized spacial score (nSPS) is 23.6. The molecule has 0 aliphatic carbocycles.